The van der Waals surface area contributed by atoms with E-state index in [-0.39, 0.29) is 18.3 Å². The number of nitrogens with zero attached hydrogens (tertiary/aromatic N) is 4. The maximum Gasteiger partial charge on any atom is 0.240 e. The van der Waals surface area contributed by atoms with Crippen LogP contribution in [-0.2, 0) is 23.8 Å². The summed E-state index contributed by atoms with van der Waals surface area (Å²) in [7, 11) is 1.84. The van der Waals surface area contributed by atoms with E-state index in [1.54, 1.807) is 21.8 Å². The number of anilines is 1. The van der Waals surface area contributed by atoms with E-state index in [1.807, 2.05) is 37.5 Å². The van der Waals surface area contributed by atoms with Crippen molar-refractivity contribution in [1.29, 1.82) is 0 Å². The Morgan fingerprint density at radius 3 is 2.61 bits per heavy atom. The van der Waals surface area contributed by atoms with Crippen molar-refractivity contribution in [2.24, 2.45) is 7.05 Å². The normalized spacial score (nSPS) is 20.1. The number of likely N-dealkylation sites (tertiary alicyclic amines) is 1. The summed E-state index contributed by atoms with van der Waals surface area (Å²) in [6.45, 7) is 1.82. The van der Waals surface area contributed by atoms with Gasteiger partial charge in [0.2, 0.25) is 5.91 Å². The summed E-state index contributed by atoms with van der Waals surface area (Å²) in [6, 6.07) is 13.9. The van der Waals surface area contributed by atoms with Crippen molar-refractivity contribution in [2.75, 3.05) is 18.0 Å². The number of hydrogen-bond acceptors (Lipinski definition) is 3. The first-order chi connectivity index (χ1) is 15.0. The Balaban J connectivity index is 1.28. The van der Waals surface area contributed by atoms with Crippen LogP contribution >= 0.6 is 0 Å². The Morgan fingerprint density at radius 2 is 1.94 bits per heavy atom. The molecule has 1 saturated carbocycles. The van der Waals surface area contributed by atoms with Gasteiger partial charge in [0, 0.05) is 49.2 Å². The van der Waals surface area contributed by atoms with Crippen molar-refractivity contribution >= 4 is 11.6 Å². The highest BCUT2D eigenvalue weighted by Crippen LogP contribution is 2.49. The maximum absolute atomic E-state index is 15.0. The molecule has 3 heterocycles. The van der Waals surface area contributed by atoms with E-state index < -0.39 is 5.41 Å². The number of halogens is 1. The van der Waals surface area contributed by atoms with Crippen molar-refractivity contribution in [3.8, 4) is 11.1 Å². The summed E-state index contributed by atoms with van der Waals surface area (Å²) < 4.78 is 16.7. The van der Waals surface area contributed by atoms with Gasteiger partial charge in [0.15, 0.2) is 0 Å². The average molecular weight is 417 g/mol. The van der Waals surface area contributed by atoms with E-state index >= 15 is 4.39 Å². The fourth-order valence-corrected chi connectivity index (χ4v) is 5.31. The van der Waals surface area contributed by atoms with Crippen LogP contribution in [0.3, 0.4) is 0 Å². The summed E-state index contributed by atoms with van der Waals surface area (Å²) in [4.78, 5) is 17.9. The summed E-state index contributed by atoms with van der Waals surface area (Å²) in [5.41, 5.74) is 3.76. The zero-order chi connectivity index (χ0) is 21.2. The molecule has 0 unspecified atom stereocenters. The number of aromatic nitrogens is 2. The molecule has 1 spiro atoms. The Labute approximate surface area is 181 Å². The van der Waals surface area contributed by atoms with Gasteiger partial charge in [-0.15, -0.1) is 0 Å². The van der Waals surface area contributed by atoms with E-state index in [9.17, 15) is 4.79 Å². The van der Waals surface area contributed by atoms with Crippen molar-refractivity contribution < 1.29 is 9.18 Å². The minimum Gasteiger partial charge on any atom is -0.307 e. The molecule has 2 aliphatic heterocycles. The van der Waals surface area contributed by atoms with E-state index in [1.165, 1.54) is 25.3 Å². The lowest BCUT2D eigenvalue weighted by atomic mass is 9.72. The van der Waals surface area contributed by atoms with Gasteiger partial charge in [-0.05, 0) is 36.1 Å². The first-order valence-electron chi connectivity index (χ1n) is 11.0. The number of para-hydroxylation sites is 1. The van der Waals surface area contributed by atoms with Gasteiger partial charge in [0.05, 0.1) is 12.7 Å². The molecular formula is C25H25FN4O. The minimum atomic E-state index is -0.460. The molecule has 1 saturated heterocycles. The van der Waals surface area contributed by atoms with Gasteiger partial charge in [0.1, 0.15) is 11.2 Å². The van der Waals surface area contributed by atoms with Crippen LogP contribution in [-0.4, -0.2) is 39.7 Å². The largest absolute Gasteiger partial charge is 0.307 e. The van der Waals surface area contributed by atoms with Crippen molar-refractivity contribution in [1.82, 2.24) is 14.7 Å². The second-order valence-corrected chi connectivity index (χ2v) is 9.19. The topological polar surface area (TPSA) is 41.4 Å². The standard InChI is InChI=1S/C25H25FN4O/c1-28-13-19(12-27-28)17-9-10-18(22(26)11-17)14-30-23-8-3-2-7-21(23)25(24(30)31)15-29(16-25)20-5-4-6-20/h2-3,7-13,20H,4-6,14-16H2,1H3. The predicted molar refractivity (Wildman–Crippen MR) is 117 cm³/mol. The van der Waals surface area contributed by atoms with Crippen LogP contribution < -0.4 is 4.90 Å². The first kappa shape index (κ1) is 18.8. The molecule has 1 aliphatic carbocycles. The zero-order valence-electron chi connectivity index (χ0n) is 17.6. The van der Waals surface area contributed by atoms with E-state index in [0.29, 0.717) is 11.6 Å². The Hall–Kier alpha value is -2.99. The van der Waals surface area contributed by atoms with Crippen LogP contribution in [0.25, 0.3) is 11.1 Å². The molecule has 3 aliphatic rings. The lowest BCUT2D eigenvalue weighted by molar-refractivity contribution is -0.132. The van der Waals surface area contributed by atoms with Gasteiger partial charge >= 0.3 is 0 Å². The van der Waals surface area contributed by atoms with E-state index in [4.69, 9.17) is 0 Å². The van der Waals surface area contributed by atoms with Crippen LogP contribution in [0, 0.1) is 5.82 Å². The Kier molecular flexibility index (Phi) is 4.09. The number of fused-ring (bicyclic) bond motifs is 2. The number of benzene rings is 2. The number of amides is 1. The second-order valence-electron chi connectivity index (χ2n) is 9.19. The van der Waals surface area contributed by atoms with Crippen LogP contribution in [0.15, 0.2) is 54.9 Å². The molecule has 31 heavy (non-hydrogen) atoms. The number of carbonyl (C=O) groups excluding carboxylic acids is 1. The van der Waals surface area contributed by atoms with Crippen LogP contribution in [0.5, 0.6) is 0 Å². The fourth-order valence-electron chi connectivity index (χ4n) is 5.31. The summed E-state index contributed by atoms with van der Waals surface area (Å²) in [6.07, 6.45) is 7.36. The molecule has 6 heteroatoms. The summed E-state index contributed by atoms with van der Waals surface area (Å²) in [5, 5.41) is 4.16. The molecule has 0 N–H and O–H groups in total. The van der Waals surface area contributed by atoms with Crippen LogP contribution in [0.2, 0.25) is 0 Å². The monoisotopic (exact) mass is 416 g/mol. The fraction of sp³-hybridized carbons (Fsp3) is 0.360. The molecule has 1 amide bonds. The highest BCUT2D eigenvalue weighted by atomic mass is 19.1. The number of carbonyl (C=O) groups is 1. The molecule has 6 rings (SSSR count). The third-order valence-electron chi connectivity index (χ3n) is 7.32. The number of aryl methyl sites for hydroxylation is 1. The summed E-state index contributed by atoms with van der Waals surface area (Å²) in [5.74, 6) is -0.183. The smallest absolute Gasteiger partial charge is 0.240 e. The zero-order valence-corrected chi connectivity index (χ0v) is 17.6. The molecule has 5 nitrogen and oxygen atoms in total. The highest BCUT2D eigenvalue weighted by molar-refractivity contribution is 6.09. The number of hydrogen-bond donors (Lipinski definition) is 0. The summed E-state index contributed by atoms with van der Waals surface area (Å²) >= 11 is 0. The molecule has 158 valence electrons. The molecule has 1 aromatic heterocycles. The Bertz CT molecular complexity index is 1180. The van der Waals surface area contributed by atoms with Gasteiger partial charge in [-0.25, -0.2) is 4.39 Å². The first-order valence-corrected chi connectivity index (χ1v) is 11.0. The number of rotatable bonds is 4. The third kappa shape index (κ3) is 2.78. The lowest BCUT2D eigenvalue weighted by Gasteiger charge is -2.53. The third-order valence-corrected chi connectivity index (χ3v) is 7.32. The Morgan fingerprint density at radius 1 is 1.13 bits per heavy atom. The SMILES string of the molecule is Cn1cc(-c2ccc(CN3C(=O)C4(CN(C5CCC5)C4)c4ccccc43)c(F)c2)cn1. The van der Waals surface area contributed by atoms with Crippen LogP contribution in [0.4, 0.5) is 10.1 Å². The van der Waals surface area contributed by atoms with E-state index in [2.05, 4.69) is 16.1 Å². The lowest BCUT2D eigenvalue weighted by Crippen LogP contribution is -2.67. The van der Waals surface area contributed by atoms with Crippen LogP contribution in [0.1, 0.15) is 30.4 Å². The average Bonchev–Trinajstić information content (AvgIpc) is 3.23. The van der Waals surface area contributed by atoms with Gasteiger partial charge in [-0.2, -0.15) is 5.10 Å². The van der Waals surface area contributed by atoms with Gasteiger partial charge < -0.3 is 4.90 Å². The maximum atomic E-state index is 15.0. The van der Waals surface area contributed by atoms with Crippen molar-refractivity contribution in [2.45, 2.75) is 37.3 Å². The van der Waals surface area contributed by atoms with Crippen molar-refractivity contribution in [3.63, 3.8) is 0 Å². The predicted octanol–water partition coefficient (Wildman–Crippen LogP) is 3.88. The molecule has 3 aromatic rings. The van der Waals surface area contributed by atoms with Gasteiger partial charge in [-0.3, -0.25) is 14.4 Å². The van der Waals surface area contributed by atoms with Crippen molar-refractivity contribution in [3.05, 3.63) is 71.8 Å². The van der Waals surface area contributed by atoms with Gasteiger partial charge in [0.25, 0.3) is 0 Å². The van der Waals surface area contributed by atoms with Gasteiger partial charge in [-0.1, -0.05) is 36.8 Å². The quantitative estimate of drug-likeness (QED) is 0.648. The molecule has 0 radical (unpaired) electrons. The molecular weight excluding hydrogens is 391 g/mol. The molecule has 0 bridgehead atoms. The van der Waals surface area contributed by atoms with E-state index in [0.717, 1.165) is 35.5 Å². The molecule has 0 atom stereocenters. The highest BCUT2D eigenvalue weighted by Gasteiger charge is 2.59. The molecule has 2 fully saturated rings. The molecule has 2 aromatic carbocycles. The minimum absolute atomic E-state index is 0.111. The second kappa shape index (κ2) is 6.76.